The van der Waals surface area contributed by atoms with Gasteiger partial charge in [0.05, 0.1) is 5.69 Å². The van der Waals surface area contributed by atoms with Gasteiger partial charge in [0, 0.05) is 16.3 Å². The van der Waals surface area contributed by atoms with Crippen LogP contribution in [-0.2, 0) is 0 Å². The van der Waals surface area contributed by atoms with Crippen molar-refractivity contribution >= 4 is 35.1 Å². The molecule has 2 aromatic carbocycles. The van der Waals surface area contributed by atoms with Crippen molar-refractivity contribution in [3.05, 3.63) is 63.6 Å². The van der Waals surface area contributed by atoms with Gasteiger partial charge in [-0.05, 0) is 42.3 Å². The average Bonchev–Trinajstić information content (AvgIpc) is 2.31. The van der Waals surface area contributed by atoms with Gasteiger partial charge in [-0.1, -0.05) is 41.4 Å². The highest BCUT2D eigenvalue weighted by Crippen LogP contribution is 2.22. The molecule has 0 fully saturated rings. The van der Waals surface area contributed by atoms with E-state index in [0.29, 0.717) is 5.02 Å². The number of aliphatic imine (C=N–C) groups is 1. The lowest BCUT2D eigenvalue weighted by Gasteiger charge is -1.99. The largest absolute Gasteiger partial charge is 0.256 e. The standard InChI is InChI=1S/C14H11Cl2N/c1-10-5-6-13(8-14(10)16)17-9-11-3-2-4-12(15)7-11/h2-9H,1H3. The van der Waals surface area contributed by atoms with Crippen molar-refractivity contribution in [1.29, 1.82) is 0 Å². The minimum absolute atomic E-state index is 0.705. The summed E-state index contributed by atoms with van der Waals surface area (Å²) in [5.41, 5.74) is 2.85. The first-order valence-corrected chi connectivity index (χ1v) is 5.96. The van der Waals surface area contributed by atoms with Crippen molar-refractivity contribution in [3.63, 3.8) is 0 Å². The molecule has 0 atom stereocenters. The van der Waals surface area contributed by atoms with E-state index in [2.05, 4.69) is 4.99 Å². The topological polar surface area (TPSA) is 12.4 Å². The first-order chi connectivity index (χ1) is 8.15. The second kappa shape index (κ2) is 5.35. The maximum Gasteiger partial charge on any atom is 0.0644 e. The second-order valence-electron chi connectivity index (χ2n) is 3.75. The number of halogens is 2. The summed E-state index contributed by atoms with van der Waals surface area (Å²) in [6.07, 6.45) is 1.77. The van der Waals surface area contributed by atoms with Crippen molar-refractivity contribution in [1.82, 2.24) is 0 Å². The van der Waals surface area contributed by atoms with Gasteiger partial charge in [0.15, 0.2) is 0 Å². The van der Waals surface area contributed by atoms with Crippen LogP contribution in [0.3, 0.4) is 0 Å². The highest BCUT2D eigenvalue weighted by molar-refractivity contribution is 6.31. The molecule has 3 heteroatoms. The third kappa shape index (κ3) is 3.32. The summed E-state index contributed by atoms with van der Waals surface area (Å²) in [4.78, 5) is 4.35. The van der Waals surface area contributed by atoms with Crippen molar-refractivity contribution in [2.45, 2.75) is 6.92 Å². The van der Waals surface area contributed by atoms with Gasteiger partial charge in [-0.2, -0.15) is 0 Å². The Morgan fingerprint density at radius 2 is 1.88 bits per heavy atom. The summed E-state index contributed by atoms with van der Waals surface area (Å²) in [5, 5.41) is 1.43. The molecule has 17 heavy (non-hydrogen) atoms. The molecule has 0 heterocycles. The van der Waals surface area contributed by atoms with Crippen LogP contribution in [0.5, 0.6) is 0 Å². The summed E-state index contributed by atoms with van der Waals surface area (Å²) in [5.74, 6) is 0. The third-order valence-electron chi connectivity index (χ3n) is 2.37. The molecule has 0 bridgehead atoms. The Balaban J connectivity index is 2.23. The van der Waals surface area contributed by atoms with Crippen molar-refractivity contribution in [3.8, 4) is 0 Å². The van der Waals surface area contributed by atoms with Crippen LogP contribution in [0.15, 0.2) is 47.5 Å². The molecule has 0 radical (unpaired) electrons. The van der Waals surface area contributed by atoms with E-state index in [4.69, 9.17) is 23.2 Å². The van der Waals surface area contributed by atoms with E-state index >= 15 is 0 Å². The van der Waals surface area contributed by atoms with Crippen LogP contribution in [0.4, 0.5) is 5.69 Å². The van der Waals surface area contributed by atoms with Crippen LogP contribution in [0.25, 0.3) is 0 Å². The van der Waals surface area contributed by atoms with E-state index in [1.165, 1.54) is 0 Å². The Bertz CT molecular complexity index is 562. The fraction of sp³-hybridized carbons (Fsp3) is 0.0714. The van der Waals surface area contributed by atoms with E-state index in [1.807, 2.05) is 49.4 Å². The van der Waals surface area contributed by atoms with Gasteiger partial charge in [-0.25, -0.2) is 0 Å². The van der Waals surface area contributed by atoms with Gasteiger partial charge < -0.3 is 0 Å². The smallest absolute Gasteiger partial charge is 0.0644 e. The fourth-order valence-electron chi connectivity index (χ4n) is 1.40. The zero-order valence-corrected chi connectivity index (χ0v) is 10.8. The van der Waals surface area contributed by atoms with Gasteiger partial charge in [0.1, 0.15) is 0 Å². The first kappa shape index (κ1) is 12.2. The van der Waals surface area contributed by atoms with Gasteiger partial charge in [-0.3, -0.25) is 4.99 Å². The predicted molar refractivity (Wildman–Crippen MR) is 74.9 cm³/mol. The van der Waals surface area contributed by atoms with Crippen LogP contribution in [0, 0.1) is 6.92 Å². The van der Waals surface area contributed by atoms with E-state index in [-0.39, 0.29) is 0 Å². The molecule has 0 saturated carbocycles. The summed E-state index contributed by atoms with van der Waals surface area (Å²) >= 11 is 11.9. The number of aryl methyl sites for hydroxylation is 1. The number of benzene rings is 2. The third-order valence-corrected chi connectivity index (χ3v) is 3.01. The van der Waals surface area contributed by atoms with Crippen molar-refractivity contribution in [2.24, 2.45) is 4.99 Å². The summed E-state index contributed by atoms with van der Waals surface area (Å²) in [7, 11) is 0. The molecule has 0 aromatic heterocycles. The van der Waals surface area contributed by atoms with Gasteiger partial charge in [-0.15, -0.1) is 0 Å². The maximum atomic E-state index is 6.03. The molecule has 0 spiro atoms. The van der Waals surface area contributed by atoms with Crippen LogP contribution in [-0.4, -0.2) is 6.21 Å². The van der Waals surface area contributed by atoms with Crippen molar-refractivity contribution in [2.75, 3.05) is 0 Å². The van der Waals surface area contributed by atoms with Crippen LogP contribution >= 0.6 is 23.2 Å². The van der Waals surface area contributed by atoms with Gasteiger partial charge >= 0.3 is 0 Å². The molecule has 0 unspecified atom stereocenters. The van der Waals surface area contributed by atoms with E-state index in [1.54, 1.807) is 6.21 Å². The highest BCUT2D eigenvalue weighted by atomic mass is 35.5. The Kier molecular flexibility index (Phi) is 3.82. The minimum Gasteiger partial charge on any atom is -0.256 e. The lowest BCUT2D eigenvalue weighted by atomic mass is 10.2. The van der Waals surface area contributed by atoms with E-state index < -0.39 is 0 Å². The molecular weight excluding hydrogens is 253 g/mol. The molecule has 1 nitrogen and oxygen atoms in total. The average molecular weight is 264 g/mol. The number of hydrogen-bond donors (Lipinski definition) is 0. The molecule has 0 aliphatic rings. The summed E-state index contributed by atoms with van der Waals surface area (Å²) < 4.78 is 0. The number of hydrogen-bond acceptors (Lipinski definition) is 1. The molecular formula is C14H11Cl2N. The minimum atomic E-state index is 0.705. The predicted octanol–water partition coefficient (Wildman–Crippen LogP) is 5.05. The maximum absolute atomic E-state index is 6.03. The van der Waals surface area contributed by atoms with E-state index in [0.717, 1.165) is 21.8 Å². The van der Waals surface area contributed by atoms with E-state index in [9.17, 15) is 0 Å². The Labute approximate surface area is 111 Å². The molecule has 2 rings (SSSR count). The molecule has 0 saturated heterocycles. The molecule has 0 amide bonds. The molecule has 2 aromatic rings. The quantitative estimate of drug-likeness (QED) is 0.673. The zero-order valence-electron chi connectivity index (χ0n) is 9.32. The Morgan fingerprint density at radius 1 is 1.06 bits per heavy atom. The van der Waals surface area contributed by atoms with Gasteiger partial charge in [0.2, 0.25) is 0 Å². The number of nitrogens with zero attached hydrogens (tertiary/aromatic N) is 1. The molecule has 0 aliphatic heterocycles. The lowest BCUT2D eigenvalue weighted by Crippen LogP contribution is -1.80. The van der Waals surface area contributed by atoms with Crippen LogP contribution in [0.2, 0.25) is 10.0 Å². The zero-order chi connectivity index (χ0) is 12.3. The van der Waals surface area contributed by atoms with Gasteiger partial charge in [0.25, 0.3) is 0 Å². The second-order valence-corrected chi connectivity index (χ2v) is 4.59. The monoisotopic (exact) mass is 263 g/mol. The van der Waals surface area contributed by atoms with Crippen molar-refractivity contribution < 1.29 is 0 Å². The Morgan fingerprint density at radius 3 is 2.59 bits per heavy atom. The molecule has 0 N–H and O–H groups in total. The lowest BCUT2D eigenvalue weighted by molar-refractivity contribution is 1.44. The molecule has 0 aliphatic carbocycles. The fourth-order valence-corrected chi connectivity index (χ4v) is 1.77. The summed E-state index contributed by atoms with van der Waals surface area (Å²) in [6.45, 7) is 1.97. The van der Waals surface area contributed by atoms with Crippen LogP contribution < -0.4 is 0 Å². The first-order valence-electron chi connectivity index (χ1n) is 5.21. The van der Waals surface area contributed by atoms with Crippen LogP contribution in [0.1, 0.15) is 11.1 Å². The summed E-state index contributed by atoms with van der Waals surface area (Å²) in [6, 6.07) is 13.3. The molecule has 86 valence electrons. The normalized spacial score (nSPS) is 11.0. The highest BCUT2D eigenvalue weighted by Gasteiger charge is 1.96. The number of rotatable bonds is 2. The Hall–Kier alpha value is -1.31. The SMILES string of the molecule is Cc1ccc(N=Cc2cccc(Cl)c2)cc1Cl.